The Hall–Kier alpha value is -0.740. The smallest absolute Gasteiger partial charge is 0.165 e. The molecule has 4 heteroatoms. The van der Waals surface area contributed by atoms with Gasteiger partial charge in [-0.15, -0.1) is 0 Å². The molecule has 0 saturated heterocycles. The maximum atomic E-state index is 5.86. The number of halogens is 1. The van der Waals surface area contributed by atoms with Gasteiger partial charge in [-0.2, -0.15) is 0 Å². The van der Waals surface area contributed by atoms with E-state index < -0.39 is 0 Å². The van der Waals surface area contributed by atoms with Gasteiger partial charge in [0.1, 0.15) is 0 Å². The average Bonchev–Trinajstić information content (AvgIpc) is 2.41. The van der Waals surface area contributed by atoms with Gasteiger partial charge in [0.05, 0.1) is 13.7 Å². The molecule has 0 aromatic heterocycles. The largest absolute Gasteiger partial charge is 0.493 e. The molecule has 0 aliphatic rings. The number of hydrogen-bond acceptors (Lipinski definition) is 3. The molecule has 0 heterocycles. The Labute approximate surface area is 131 Å². The minimum atomic E-state index is 0.705. The molecule has 0 unspecified atom stereocenters. The van der Waals surface area contributed by atoms with Gasteiger partial charge in [-0.3, -0.25) is 0 Å². The van der Waals surface area contributed by atoms with Gasteiger partial charge < -0.3 is 14.8 Å². The zero-order chi connectivity index (χ0) is 15.0. The number of ether oxygens (including phenoxy) is 2. The summed E-state index contributed by atoms with van der Waals surface area (Å²) in [7, 11) is 1.68. The van der Waals surface area contributed by atoms with Crippen molar-refractivity contribution < 1.29 is 9.47 Å². The standard InChI is InChI=1S/C16H26BrNO2/c1-5-8-20-16-13(11-18-7-6-12(2)3)9-14(17)10-15(16)19-4/h9-10,12,18H,5-8,11H2,1-4H3. The lowest BCUT2D eigenvalue weighted by molar-refractivity contribution is 0.290. The zero-order valence-corrected chi connectivity index (χ0v) is 14.5. The molecule has 0 aliphatic carbocycles. The molecule has 1 aromatic carbocycles. The highest BCUT2D eigenvalue weighted by molar-refractivity contribution is 9.10. The number of methoxy groups -OCH3 is 1. The summed E-state index contributed by atoms with van der Waals surface area (Å²) in [6.07, 6.45) is 2.16. The van der Waals surface area contributed by atoms with Crippen molar-refractivity contribution >= 4 is 15.9 Å². The lowest BCUT2D eigenvalue weighted by Gasteiger charge is -2.16. The summed E-state index contributed by atoms with van der Waals surface area (Å²) in [5, 5.41) is 3.47. The Morgan fingerprint density at radius 1 is 1.30 bits per heavy atom. The Bertz CT molecular complexity index is 408. The van der Waals surface area contributed by atoms with E-state index in [9.17, 15) is 0 Å². The first-order chi connectivity index (χ1) is 9.58. The van der Waals surface area contributed by atoms with Gasteiger partial charge in [0.25, 0.3) is 0 Å². The van der Waals surface area contributed by atoms with Gasteiger partial charge in [-0.1, -0.05) is 36.7 Å². The molecule has 1 aromatic rings. The lowest BCUT2D eigenvalue weighted by Crippen LogP contribution is -2.17. The predicted octanol–water partition coefficient (Wildman–Crippen LogP) is 4.38. The van der Waals surface area contributed by atoms with E-state index in [2.05, 4.69) is 48.1 Å². The van der Waals surface area contributed by atoms with Crippen LogP contribution in [0.25, 0.3) is 0 Å². The van der Waals surface area contributed by atoms with Crippen molar-refractivity contribution in [2.45, 2.75) is 40.2 Å². The highest BCUT2D eigenvalue weighted by Gasteiger charge is 2.12. The Morgan fingerprint density at radius 2 is 2.05 bits per heavy atom. The highest BCUT2D eigenvalue weighted by atomic mass is 79.9. The maximum absolute atomic E-state index is 5.86. The normalized spacial score (nSPS) is 10.9. The molecule has 0 amide bonds. The maximum Gasteiger partial charge on any atom is 0.165 e. The Morgan fingerprint density at radius 3 is 2.65 bits per heavy atom. The van der Waals surface area contributed by atoms with Crippen LogP contribution >= 0.6 is 15.9 Å². The molecular formula is C16H26BrNO2. The third-order valence-electron chi connectivity index (χ3n) is 2.98. The second kappa shape index (κ2) is 9.24. The number of hydrogen-bond donors (Lipinski definition) is 1. The second-order valence-corrected chi connectivity index (χ2v) is 6.22. The minimum absolute atomic E-state index is 0.705. The second-order valence-electron chi connectivity index (χ2n) is 5.30. The van der Waals surface area contributed by atoms with Crippen molar-refractivity contribution in [3.8, 4) is 11.5 Å². The van der Waals surface area contributed by atoms with Gasteiger partial charge in [0, 0.05) is 16.6 Å². The summed E-state index contributed by atoms with van der Waals surface area (Å²) in [6.45, 7) is 9.09. The molecule has 0 radical (unpaired) electrons. The fourth-order valence-electron chi connectivity index (χ4n) is 1.89. The van der Waals surface area contributed by atoms with E-state index in [0.29, 0.717) is 6.61 Å². The Kier molecular flexibility index (Phi) is 8.00. The van der Waals surface area contributed by atoms with Crippen LogP contribution in [0.5, 0.6) is 11.5 Å². The van der Waals surface area contributed by atoms with Crippen molar-refractivity contribution in [1.29, 1.82) is 0 Å². The van der Waals surface area contributed by atoms with Gasteiger partial charge in [-0.25, -0.2) is 0 Å². The fraction of sp³-hybridized carbons (Fsp3) is 0.625. The van der Waals surface area contributed by atoms with Crippen LogP contribution in [0.3, 0.4) is 0 Å². The van der Waals surface area contributed by atoms with E-state index in [1.54, 1.807) is 7.11 Å². The van der Waals surface area contributed by atoms with Crippen molar-refractivity contribution in [3.63, 3.8) is 0 Å². The topological polar surface area (TPSA) is 30.5 Å². The average molecular weight is 344 g/mol. The quantitative estimate of drug-likeness (QED) is 0.674. The first-order valence-corrected chi connectivity index (χ1v) is 8.07. The van der Waals surface area contributed by atoms with Gasteiger partial charge in [-0.05, 0) is 37.4 Å². The molecule has 0 aliphatic heterocycles. The third kappa shape index (κ3) is 5.71. The fourth-order valence-corrected chi connectivity index (χ4v) is 2.37. The molecule has 1 N–H and O–H groups in total. The molecular weight excluding hydrogens is 318 g/mol. The number of benzene rings is 1. The highest BCUT2D eigenvalue weighted by Crippen LogP contribution is 2.35. The van der Waals surface area contributed by atoms with Gasteiger partial charge in [0.2, 0.25) is 0 Å². The summed E-state index contributed by atoms with van der Waals surface area (Å²) in [5.41, 5.74) is 1.13. The molecule has 20 heavy (non-hydrogen) atoms. The third-order valence-corrected chi connectivity index (χ3v) is 3.44. The predicted molar refractivity (Wildman–Crippen MR) is 87.6 cm³/mol. The Balaban J connectivity index is 2.77. The van der Waals surface area contributed by atoms with Crippen LogP contribution in [0.15, 0.2) is 16.6 Å². The van der Waals surface area contributed by atoms with E-state index in [4.69, 9.17) is 9.47 Å². The van der Waals surface area contributed by atoms with E-state index in [1.807, 2.05) is 6.07 Å². The summed E-state index contributed by atoms with van der Waals surface area (Å²) < 4.78 is 12.3. The number of nitrogens with one attached hydrogen (secondary N) is 1. The zero-order valence-electron chi connectivity index (χ0n) is 13.0. The summed E-state index contributed by atoms with van der Waals surface area (Å²) in [5.74, 6) is 2.36. The number of rotatable bonds is 9. The SMILES string of the molecule is CCCOc1c(CNCCC(C)C)cc(Br)cc1OC. The lowest BCUT2D eigenvalue weighted by atomic mass is 10.1. The molecule has 1 rings (SSSR count). The van der Waals surface area contributed by atoms with Crippen LogP contribution in [0, 0.1) is 5.92 Å². The van der Waals surface area contributed by atoms with Crippen molar-refractivity contribution in [2.24, 2.45) is 5.92 Å². The molecule has 0 atom stereocenters. The minimum Gasteiger partial charge on any atom is -0.493 e. The molecule has 0 saturated carbocycles. The molecule has 3 nitrogen and oxygen atoms in total. The van der Waals surface area contributed by atoms with Crippen LogP contribution in [-0.4, -0.2) is 20.3 Å². The van der Waals surface area contributed by atoms with Crippen molar-refractivity contribution in [3.05, 3.63) is 22.2 Å². The van der Waals surface area contributed by atoms with Crippen LogP contribution < -0.4 is 14.8 Å². The van der Waals surface area contributed by atoms with E-state index in [1.165, 1.54) is 6.42 Å². The van der Waals surface area contributed by atoms with Gasteiger partial charge in [0.15, 0.2) is 11.5 Å². The van der Waals surface area contributed by atoms with E-state index in [0.717, 1.165) is 47.0 Å². The van der Waals surface area contributed by atoms with Crippen molar-refractivity contribution in [1.82, 2.24) is 5.32 Å². The molecule has 0 spiro atoms. The van der Waals surface area contributed by atoms with Crippen LogP contribution in [-0.2, 0) is 6.54 Å². The van der Waals surface area contributed by atoms with Crippen molar-refractivity contribution in [2.75, 3.05) is 20.3 Å². The van der Waals surface area contributed by atoms with E-state index in [-0.39, 0.29) is 0 Å². The first kappa shape index (κ1) is 17.3. The first-order valence-electron chi connectivity index (χ1n) is 7.28. The van der Waals surface area contributed by atoms with Crippen LogP contribution in [0.4, 0.5) is 0 Å². The molecule has 0 bridgehead atoms. The molecule has 114 valence electrons. The van der Waals surface area contributed by atoms with Crippen LogP contribution in [0.2, 0.25) is 0 Å². The monoisotopic (exact) mass is 343 g/mol. The van der Waals surface area contributed by atoms with Gasteiger partial charge >= 0.3 is 0 Å². The summed E-state index contributed by atoms with van der Waals surface area (Å²) in [4.78, 5) is 0. The summed E-state index contributed by atoms with van der Waals surface area (Å²) >= 11 is 3.53. The van der Waals surface area contributed by atoms with Crippen LogP contribution in [0.1, 0.15) is 39.2 Å². The molecule has 0 fully saturated rings. The van der Waals surface area contributed by atoms with E-state index >= 15 is 0 Å². The summed E-state index contributed by atoms with van der Waals surface area (Å²) in [6, 6.07) is 4.04.